The van der Waals surface area contributed by atoms with E-state index < -0.39 is 22.8 Å². The van der Waals surface area contributed by atoms with Crippen LogP contribution in [0.2, 0.25) is 0 Å². The number of benzene rings is 1. The molecule has 0 aliphatic carbocycles. The number of thioether (sulfide) groups is 1. The fraction of sp³-hybridized carbons (Fsp3) is 0.278. The Hall–Kier alpha value is -2.88. The highest BCUT2D eigenvalue weighted by Gasteiger charge is 2.16. The quantitative estimate of drug-likeness (QED) is 0.466. The van der Waals surface area contributed by atoms with Crippen LogP contribution in [0, 0.1) is 0 Å². The molecule has 0 bridgehead atoms. The Balaban J connectivity index is 2.58. The summed E-state index contributed by atoms with van der Waals surface area (Å²) in [4.78, 5) is 37.9. The van der Waals surface area contributed by atoms with E-state index in [1.807, 2.05) is 0 Å². The van der Waals surface area contributed by atoms with E-state index in [1.54, 1.807) is 0 Å². The maximum atomic E-state index is 12.6. The molecule has 0 N–H and O–H groups in total. The Morgan fingerprint density at radius 2 is 1.57 bits per heavy atom. The third kappa shape index (κ3) is 4.50. The van der Waals surface area contributed by atoms with Crippen molar-refractivity contribution >= 4 is 11.8 Å². The number of nitrogens with zero attached hydrogens (tertiary/aromatic N) is 3. The van der Waals surface area contributed by atoms with Crippen LogP contribution in [-0.4, -0.2) is 26.6 Å². The minimum Gasteiger partial charge on any atom is -0.496 e. The van der Waals surface area contributed by atoms with E-state index in [9.17, 15) is 23.2 Å². The molecule has 0 aliphatic rings. The average molecular weight is 411 g/mol. The monoisotopic (exact) mass is 411 g/mol. The first-order valence-corrected chi connectivity index (χ1v) is 9.00. The third-order valence-corrected chi connectivity index (χ3v) is 4.56. The topological polar surface area (TPSA) is 75.2 Å². The van der Waals surface area contributed by atoms with Crippen LogP contribution in [0.5, 0.6) is 5.75 Å². The summed E-state index contributed by atoms with van der Waals surface area (Å²) in [5.74, 6) is -2.42. The van der Waals surface area contributed by atoms with Gasteiger partial charge in [-0.2, -0.15) is 8.78 Å². The fourth-order valence-corrected chi connectivity index (χ4v) is 3.17. The largest absolute Gasteiger partial charge is 0.496 e. The first-order chi connectivity index (χ1) is 13.3. The minimum absolute atomic E-state index is 0.0671. The number of hydrogen-bond acceptors (Lipinski definition) is 5. The summed E-state index contributed by atoms with van der Waals surface area (Å²) in [6.07, 6.45) is 2.74. The summed E-state index contributed by atoms with van der Waals surface area (Å²) >= 11 is 0.331. The van der Waals surface area contributed by atoms with Crippen LogP contribution >= 0.6 is 11.8 Å². The van der Waals surface area contributed by atoms with E-state index in [0.29, 0.717) is 17.3 Å². The summed E-state index contributed by atoms with van der Waals surface area (Å²) < 4.78 is 33.0. The van der Waals surface area contributed by atoms with Crippen molar-refractivity contribution in [3.8, 4) is 5.75 Å². The van der Waals surface area contributed by atoms with Gasteiger partial charge in [-0.05, 0) is 17.7 Å². The number of aromatic nitrogens is 3. The van der Waals surface area contributed by atoms with E-state index in [0.717, 1.165) is 13.7 Å². The van der Waals surface area contributed by atoms with Gasteiger partial charge in [0.05, 0.1) is 31.6 Å². The molecule has 1 aromatic heterocycles. The van der Waals surface area contributed by atoms with Crippen LogP contribution in [0.4, 0.5) is 8.78 Å². The van der Waals surface area contributed by atoms with Crippen LogP contribution < -0.4 is 21.8 Å². The molecule has 7 nitrogen and oxygen atoms in total. The van der Waals surface area contributed by atoms with Crippen LogP contribution in [-0.2, 0) is 19.6 Å². The lowest BCUT2D eigenvalue weighted by Gasteiger charge is -2.14. The molecule has 28 heavy (non-hydrogen) atoms. The number of halogens is 2. The van der Waals surface area contributed by atoms with Crippen molar-refractivity contribution < 1.29 is 13.5 Å². The predicted molar refractivity (Wildman–Crippen MR) is 104 cm³/mol. The highest BCUT2D eigenvalue weighted by Crippen LogP contribution is 2.34. The molecule has 2 aromatic rings. The van der Waals surface area contributed by atoms with Crippen molar-refractivity contribution in [1.82, 2.24) is 13.7 Å². The summed E-state index contributed by atoms with van der Waals surface area (Å²) in [6.45, 7) is 6.72. The van der Waals surface area contributed by atoms with Gasteiger partial charge in [0, 0.05) is 0 Å². The first-order valence-electron chi connectivity index (χ1n) is 8.12. The average Bonchev–Trinajstić information content (AvgIpc) is 2.66. The van der Waals surface area contributed by atoms with Gasteiger partial charge in [-0.15, -0.1) is 13.2 Å². The number of ether oxygens (including phenoxy) is 1. The van der Waals surface area contributed by atoms with Crippen molar-refractivity contribution in [3.05, 3.63) is 80.5 Å². The van der Waals surface area contributed by atoms with Gasteiger partial charge < -0.3 is 4.74 Å². The van der Waals surface area contributed by atoms with E-state index in [4.69, 9.17) is 4.74 Å². The standard InChI is InChI=1S/C18H19F2N3O4S/c1-4-8-21-16(24)22(9-5-2)18(26)23(17(21)25)11-12-6-7-14(28-15(19)20)13(10-12)27-3/h4-7,10,15H,1-2,8-9,11H2,3H3. The fourth-order valence-electron chi connectivity index (χ4n) is 2.57. The predicted octanol–water partition coefficient (Wildman–Crippen LogP) is 1.92. The van der Waals surface area contributed by atoms with Gasteiger partial charge in [-0.25, -0.2) is 28.1 Å². The van der Waals surface area contributed by atoms with E-state index in [1.165, 1.54) is 37.5 Å². The minimum atomic E-state index is -2.61. The zero-order valence-corrected chi connectivity index (χ0v) is 16.0. The summed E-state index contributed by atoms with van der Waals surface area (Å²) in [5.41, 5.74) is -1.86. The highest BCUT2D eigenvalue weighted by molar-refractivity contribution is 7.99. The number of alkyl halides is 2. The maximum Gasteiger partial charge on any atom is 0.336 e. The lowest BCUT2D eigenvalue weighted by molar-refractivity contribution is 0.251. The molecule has 0 unspecified atom stereocenters. The molecule has 0 saturated carbocycles. The van der Waals surface area contributed by atoms with Gasteiger partial charge in [-0.1, -0.05) is 30.0 Å². The third-order valence-electron chi connectivity index (χ3n) is 3.79. The van der Waals surface area contributed by atoms with Gasteiger partial charge >= 0.3 is 17.1 Å². The van der Waals surface area contributed by atoms with E-state index in [2.05, 4.69) is 13.2 Å². The summed E-state index contributed by atoms with van der Waals surface area (Å²) in [5, 5.41) is 0. The molecule has 0 spiro atoms. The molecule has 0 atom stereocenters. The number of methoxy groups -OCH3 is 1. The molecule has 1 aromatic carbocycles. The van der Waals surface area contributed by atoms with Gasteiger partial charge in [0.15, 0.2) is 0 Å². The molecule has 2 rings (SSSR count). The highest BCUT2D eigenvalue weighted by atomic mass is 32.2. The Morgan fingerprint density at radius 1 is 1.04 bits per heavy atom. The molecule has 1 heterocycles. The number of rotatable bonds is 9. The molecule has 0 radical (unpaired) electrons. The van der Waals surface area contributed by atoms with Crippen LogP contribution in [0.1, 0.15) is 5.56 Å². The number of hydrogen-bond donors (Lipinski definition) is 0. The second kappa shape index (κ2) is 9.36. The molecule has 0 saturated heterocycles. The lowest BCUT2D eigenvalue weighted by Crippen LogP contribution is -2.54. The van der Waals surface area contributed by atoms with Crippen molar-refractivity contribution in [2.45, 2.75) is 30.3 Å². The van der Waals surface area contributed by atoms with Crippen molar-refractivity contribution in [1.29, 1.82) is 0 Å². The molecule has 0 aliphatic heterocycles. The smallest absolute Gasteiger partial charge is 0.336 e. The Kier molecular flexibility index (Phi) is 7.16. The normalized spacial score (nSPS) is 10.9. The molecular formula is C18H19F2N3O4S. The lowest BCUT2D eigenvalue weighted by atomic mass is 10.2. The molecule has 0 amide bonds. The van der Waals surface area contributed by atoms with Gasteiger partial charge in [0.25, 0.3) is 5.76 Å². The summed E-state index contributed by atoms with van der Waals surface area (Å²) in [6, 6.07) is 4.41. The van der Waals surface area contributed by atoms with Gasteiger partial charge in [0.2, 0.25) is 0 Å². The zero-order valence-electron chi connectivity index (χ0n) is 15.1. The Bertz CT molecular complexity index is 1010. The van der Waals surface area contributed by atoms with Gasteiger partial charge in [-0.3, -0.25) is 0 Å². The SMILES string of the molecule is C=CCn1c(=O)n(CC=C)c(=O)n(Cc2ccc(SC(F)F)c(OC)c2)c1=O. The molecule has 10 heteroatoms. The van der Waals surface area contributed by atoms with Crippen molar-refractivity contribution in [2.75, 3.05) is 7.11 Å². The second-order valence-electron chi connectivity index (χ2n) is 5.60. The molecule has 0 fully saturated rings. The Labute approximate surface area is 163 Å². The molecular weight excluding hydrogens is 392 g/mol. The van der Waals surface area contributed by atoms with Gasteiger partial charge in [0.1, 0.15) is 5.75 Å². The molecule has 150 valence electrons. The Morgan fingerprint density at radius 3 is 2.04 bits per heavy atom. The van der Waals surface area contributed by atoms with Crippen molar-refractivity contribution in [2.24, 2.45) is 0 Å². The zero-order chi connectivity index (χ0) is 20.8. The first kappa shape index (κ1) is 21.4. The number of allylic oxidation sites excluding steroid dienone is 2. The van der Waals surface area contributed by atoms with Crippen molar-refractivity contribution in [3.63, 3.8) is 0 Å². The van der Waals surface area contributed by atoms with E-state index >= 15 is 0 Å². The van der Waals surface area contributed by atoms with Crippen LogP contribution in [0.3, 0.4) is 0 Å². The maximum absolute atomic E-state index is 12.6. The van der Waals surface area contributed by atoms with Crippen LogP contribution in [0.15, 0.2) is 62.8 Å². The van der Waals surface area contributed by atoms with E-state index in [-0.39, 0.29) is 30.3 Å². The summed E-state index contributed by atoms with van der Waals surface area (Å²) in [7, 11) is 1.34. The second-order valence-corrected chi connectivity index (χ2v) is 6.63. The van der Waals surface area contributed by atoms with Crippen LogP contribution in [0.25, 0.3) is 0 Å².